The van der Waals surface area contributed by atoms with Crippen molar-refractivity contribution >= 4 is 21.5 Å². The number of phenolic OH excluding ortho intramolecular Hbond substituents is 1. The molecule has 8 nitrogen and oxygen atoms in total. The van der Waals surface area contributed by atoms with Crippen molar-refractivity contribution in [2.75, 3.05) is 69.2 Å². The van der Waals surface area contributed by atoms with Crippen LogP contribution in [-0.4, -0.2) is 87.1 Å². The number of pyridine rings is 1. The Bertz CT molecular complexity index is 935. The molecule has 0 bridgehead atoms. The van der Waals surface area contributed by atoms with Crippen LogP contribution in [0.1, 0.15) is 0 Å². The third kappa shape index (κ3) is 4.17. The lowest BCUT2D eigenvalue weighted by molar-refractivity contribution is 0.222. The molecule has 2 saturated heterocycles. The van der Waals surface area contributed by atoms with Gasteiger partial charge in [0.25, 0.3) is 0 Å². The number of anilines is 2. The fraction of sp³-hybridized carbons (Fsp3) is 0.450. The van der Waals surface area contributed by atoms with Crippen LogP contribution in [0.15, 0.2) is 47.5 Å². The van der Waals surface area contributed by atoms with E-state index in [9.17, 15) is 13.5 Å². The fourth-order valence-corrected chi connectivity index (χ4v) is 5.17. The molecule has 1 N–H and O–H groups in total. The molecule has 0 unspecified atom stereocenters. The normalized spacial score (nSPS) is 19.5. The molecular formula is C20H27N5O3S. The number of likely N-dealkylation sites (N-methyl/N-ethyl adjacent to an activating group) is 1. The predicted molar refractivity (Wildman–Crippen MR) is 113 cm³/mol. The highest BCUT2D eigenvalue weighted by molar-refractivity contribution is 7.89. The first kappa shape index (κ1) is 19.9. The first-order valence-corrected chi connectivity index (χ1v) is 11.3. The maximum Gasteiger partial charge on any atom is 0.244 e. The number of sulfonamides is 1. The number of rotatable bonds is 4. The molecule has 0 spiro atoms. The van der Waals surface area contributed by atoms with Gasteiger partial charge in [0.2, 0.25) is 10.0 Å². The maximum absolute atomic E-state index is 12.8. The average molecular weight is 418 g/mol. The van der Waals surface area contributed by atoms with Crippen LogP contribution in [0.4, 0.5) is 11.5 Å². The number of piperazine rings is 2. The van der Waals surface area contributed by atoms with Crippen molar-refractivity contribution in [1.82, 2.24) is 14.2 Å². The Kier molecular flexibility index (Phi) is 5.62. The number of para-hydroxylation sites is 2. The van der Waals surface area contributed by atoms with Gasteiger partial charge >= 0.3 is 0 Å². The lowest BCUT2D eigenvalue weighted by Gasteiger charge is -2.37. The number of benzene rings is 1. The van der Waals surface area contributed by atoms with E-state index in [2.05, 4.69) is 19.7 Å². The summed E-state index contributed by atoms with van der Waals surface area (Å²) < 4.78 is 27.2. The van der Waals surface area contributed by atoms with E-state index in [1.165, 1.54) is 10.5 Å². The van der Waals surface area contributed by atoms with Gasteiger partial charge in [0, 0.05) is 58.6 Å². The summed E-state index contributed by atoms with van der Waals surface area (Å²) in [5.41, 5.74) is 0.841. The van der Waals surface area contributed by atoms with Gasteiger partial charge in [-0.15, -0.1) is 0 Å². The van der Waals surface area contributed by atoms with E-state index in [-0.39, 0.29) is 10.6 Å². The van der Waals surface area contributed by atoms with Crippen LogP contribution < -0.4 is 9.80 Å². The molecule has 2 fully saturated rings. The highest BCUT2D eigenvalue weighted by Crippen LogP contribution is 2.28. The minimum atomic E-state index is -3.49. The quantitative estimate of drug-likeness (QED) is 0.796. The Balaban J connectivity index is 1.41. The highest BCUT2D eigenvalue weighted by Gasteiger charge is 2.28. The Labute approximate surface area is 172 Å². The molecule has 4 rings (SSSR count). The molecule has 3 heterocycles. The van der Waals surface area contributed by atoms with Crippen LogP contribution in [-0.2, 0) is 10.0 Å². The largest absolute Gasteiger partial charge is 0.506 e. The van der Waals surface area contributed by atoms with Gasteiger partial charge in [-0.1, -0.05) is 12.1 Å². The van der Waals surface area contributed by atoms with Crippen molar-refractivity contribution in [2.24, 2.45) is 0 Å². The fourth-order valence-electron chi connectivity index (χ4n) is 3.80. The van der Waals surface area contributed by atoms with Gasteiger partial charge in [-0.2, -0.15) is 4.31 Å². The first-order valence-electron chi connectivity index (χ1n) is 9.88. The van der Waals surface area contributed by atoms with Crippen molar-refractivity contribution in [2.45, 2.75) is 4.90 Å². The van der Waals surface area contributed by atoms with Crippen LogP contribution in [0.3, 0.4) is 0 Å². The average Bonchev–Trinajstić information content (AvgIpc) is 2.75. The number of hydrogen-bond acceptors (Lipinski definition) is 7. The summed E-state index contributed by atoms with van der Waals surface area (Å²) >= 11 is 0. The summed E-state index contributed by atoms with van der Waals surface area (Å²) in [4.78, 5) is 11.1. The van der Waals surface area contributed by atoms with Gasteiger partial charge in [-0.3, -0.25) is 0 Å². The van der Waals surface area contributed by atoms with E-state index in [0.717, 1.165) is 50.8 Å². The molecule has 2 aliphatic rings. The molecule has 29 heavy (non-hydrogen) atoms. The first-order chi connectivity index (χ1) is 13.9. The summed E-state index contributed by atoms with van der Waals surface area (Å²) in [6.07, 6.45) is 1.47. The summed E-state index contributed by atoms with van der Waals surface area (Å²) in [6, 6.07) is 10.8. The standard InChI is InChI=1S/C20H27N5O3S/c1-22-8-14-25(15-9-22)29(27,28)17-6-7-20(21-16-17)24-12-10-23(11-13-24)18-4-2-3-5-19(18)26/h2-7,16,26H,8-15H2,1H3. The number of hydrogen-bond donors (Lipinski definition) is 1. The molecule has 1 aromatic carbocycles. The maximum atomic E-state index is 12.8. The van der Waals surface area contributed by atoms with Crippen LogP contribution in [0, 0.1) is 0 Å². The van der Waals surface area contributed by atoms with Gasteiger partial charge in [-0.05, 0) is 31.3 Å². The number of aromatic hydroxyl groups is 1. The number of aromatic nitrogens is 1. The van der Waals surface area contributed by atoms with Gasteiger partial charge in [-0.25, -0.2) is 13.4 Å². The topological polar surface area (TPSA) is 80.2 Å². The smallest absolute Gasteiger partial charge is 0.244 e. The summed E-state index contributed by atoms with van der Waals surface area (Å²) in [5, 5.41) is 10.0. The number of nitrogens with zero attached hydrogens (tertiary/aromatic N) is 5. The van der Waals surface area contributed by atoms with Crippen molar-refractivity contribution in [1.29, 1.82) is 0 Å². The van der Waals surface area contributed by atoms with Crippen molar-refractivity contribution in [3.05, 3.63) is 42.6 Å². The van der Waals surface area contributed by atoms with E-state index in [1.807, 2.05) is 25.2 Å². The SMILES string of the molecule is CN1CCN(S(=O)(=O)c2ccc(N3CCN(c4ccccc4O)CC3)nc2)CC1. The summed E-state index contributed by atoms with van der Waals surface area (Å²) in [5.74, 6) is 1.07. The highest BCUT2D eigenvalue weighted by atomic mass is 32.2. The zero-order valence-corrected chi connectivity index (χ0v) is 17.4. The molecule has 2 aliphatic heterocycles. The third-order valence-electron chi connectivity index (χ3n) is 5.65. The van der Waals surface area contributed by atoms with Crippen LogP contribution >= 0.6 is 0 Å². The Morgan fingerprint density at radius 3 is 2.14 bits per heavy atom. The van der Waals surface area contributed by atoms with Crippen LogP contribution in [0.2, 0.25) is 0 Å². The van der Waals surface area contributed by atoms with Crippen molar-refractivity contribution < 1.29 is 13.5 Å². The summed E-state index contributed by atoms with van der Waals surface area (Å²) in [6.45, 7) is 5.54. The van der Waals surface area contributed by atoms with Crippen LogP contribution in [0.5, 0.6) is 5.75 Å². The van der Waals surface area contributed by atoms with Gasteiger partial charge in [0.05, 0.1) is 5.69 Å². The second-order valence-corrected chi connectivity index (χ2v) is 9.46. The van der Waals surface area contributed by atoms with Crippen LogP contribution in [0.25, 0.3) is 0 Å². The molecule has 1 aromatic heterocycles. The zero-order chi connectivity index (χ0) is 20.4. The molecule has 0 saturated carbocycles. The number of phenols is 1. The van der Waals surface area contributed by atoms with Crippen molar-refractivity contribution in [3.8, 4) is 5.75 Å². The molecule has 9 heteroatoms. The van der Waals surface area contributed by atoms with E-state index in [1.54, 1.807) is 18.2 Å². The predicted octanol–water partition coefficient (Wildman–Crippen LogP) is 1.05. The van der Waals surface area contributed by atoms with E-state index in [0.29, 0.717) is 13.1 Å². The lowest BCUT2D eigenvalue weighted by Crippen LogP contribution is -2.47. The van der Waals surface area contributed by atoms with E-state index in [4.69, 9.17) is 0 Å². The molecule has 0 aliphatic carbocycles. The Morgan fingerprint density at radius 1 is 0.862 bits per heavy atom. The van der Waals surface area contributed by atoms with Gasteiger partial charge < -0.3 is 19.8 Å². The van der Waals surface area contributed by atoms with E-state index >= 15 is 0 Å². The molecular weight excluding hydrogens is 390 g/mol. The Hall–Kier alpha value is -2.36. The van der Waals surface area contributed by atoms with E-state index < -0.39 is 10.0 Å². The molecule has 2 aromatic rings. The van der Waals surface area contributed by atoms with Gasteiger partial charge in [0.1, 0.15) is 16.5 Å². The lowest BCUT2D eigenvalue weighted by atomic mass is 10.2. The van der Waals surface area contributed by atoms with Crippen molar-refractivity contribution in [3.63, 3.8) is 0 Å². The zero-order valence-electron chi connectivity index (χ0n) is 16.6. The molecule has 156 valence electrons. The summed E-state index contributed by atoms with van der Waals surface area (Å²) in [7, 11) is -1.49. The minimum Gasteiger partial charge on any atom is -0.506 e. The second-order valence-electron chi connectivity index (χ2n) is 7.52. The Morgan fingerprint density at radius 2 is 1.52 bits per heavy atom. The molecule has 0 radical (unpaired) electrons. The monoisotopic (exact) mass is 417 g/mol. The molecule has 0 atom stereocenters. The third-order valence-corrected chi connectivity index (χ3v) is 7.53. The molecule has 0 amide bonds. The minimum absolute atomic E-state index is 0.249. The van der Waals surface area contributed by atoms with Gasteiger partial charge in [0.15, 0.2) is 0 Å². The second kappa shape index (κ2) is 8.17.